The molecule has 2 aromatic carbocycles. The lowest BCUT2D eigenvalue weighted by Crippen LogP contribution is -2.34. The number of hydrogen-bond acceptors (Lipinski definition) is 3. The highest BCUT2D eigenvalue weighted by molar-refractivity contribution is 6.04. The zero-order valence-electron chi connectivity index (χ0n) is 14.3. The van der Waals surface area contributed by atoms with E-state index in [1.807, 2.05) is 61.5 Å². The highest BCUT2D eigenvalue weighted by Gasteiger charge is 2.14. The van der Waals surface area contributed by atoms with Crippen molar-refractivity contribution < 1.29 is 4.79 Å². The summed E-state index contributed by atoms with van der Waals surface area (Å²) in [6.45, 7) is 1.84. The second-order valence-electron chi connectivity index (χ2n) is 6.27. The van der Waals surface area contributed by atoms with E-state index in [0.717, 1.165) is 16.5 Å². The summed E-state index contributed by atoms with van der Waals surface area (Å²) < 4.78 is 1.32. The van der Waals surface area contributed by atoms with Gasteiger partial charge in [-0.05, 0) is 18.6 Å². The van der Waals surface area contributed by atoms with E-state index in [0.29, 0.717) is 11.0 Å². The lowest BCUT2D eigenvalue weighted by molar-refractivity contribution is -0.122. The number of rotatable bonds is 4. The molecule has 0 bridgehead atoms. The van der Waals surface area contributed by atoms with E-state index < -0.39 is 0 Å². The van der Waals surface area contributed by atoms with Gasteiger partial charge in [-0.2, -0.15) is 0 Å². The van der Waals surface area contributed by atoms with E-state index in [2.05, 4.69) is 15.3 Å². The Morgan fingerprint density at radius 2 is 1.88 bits per heavy atom. The Kier molecular flexibility index (Phi) is 4.01. The first-order valence-electron chi connectivity index (χ1n) is 8.43. The van der Waals surface area contributed by atoms with Crippen molar-refractivity contribution in [3.8, 4) is 0 Å². The number of hydrogen-bond donors (Lipinski definition) is 2. The molecule has 26 heavy (non-hydrogen) atoms. The summed E-state index contributed by atoms with van der Waals surface area (Å²) >= 11 is 0. The van der Waals surface area contributed by atoms with E-state index in [-0.39, 0.29) is 24.1 Å². The SMILES string of the molecule is C[C@@H](NC(=O)Cn1cnc2c([nH]c3ccccc32)c1=O)c1ccccc1. The molecular weight excluding hydrogens is 328 g/mol. The standard InChI is InChI=1S/C20H18N4O2/c1-13(14-7-3-2-4-8-14)22-17(25)11-24-12-21-18-15-9-5-6-10-16(15)23-19(18)20(24)26/h2-10,12-13,23H,11H2,1H3,(H,22,25)/t13-/m1/s1. The fourth-order valence-electron chi connectivity index (χ4n) is 3.12. The van der Waals surface area contributed by atoms with Crippen LogP contribution in [0.25, 0.3) is 21.9 Å². The first kappa shape index (κ1) is 16.1. The fourth-order valence-corrected chi connectivity index (χ4v) is 3.12. The van der Waals surface area contributed by atoms with Gasteiger partial charge in [0.15, 0.2) is 0 Å². The third-order valence-corrected chi connectivity index (χ3v) is 4.47. The summed E-state index contributed by atoms with van der Waals surface area (Å²) in [4.78, 5) is 32.5. The van der Waals surface area contributed by atoms with Gasteiger partial charge >= 0.3 is 0 Å². The van der Waals surface area contributed by atoms with Gasteiger partial charge in [-0.15, -0.1) is 0 Å². The maximum atomic E-state index is 12.7. The summed E-state index contributed by atoms with van der Waals surface area (Å²) in [7, 11) is 0. The number of H-pyrrole nitrogens is 1. The molecule has 2 N–H and O–H groups in total. The molecule has 130 valence electrons. The highest BCUT2D eigenvalue weighted by Crippen LogP contribution is 2.20. The maximum Gasteiger partial charge on any atom is 0.278 e. The van der Waals surface area contributed by atoms with Gasteiger partial charge in [-0.25, -0.2) is 4.98 Å². The van der Waals surface area contributed by atoms with Crippen LogP contribution in [0.2, 0.25) is 0 Å². The van der Waals surface area contributed by atoms with Gasteiger partial charge in [0, 0.05) is 10.9 Å². The van der Waals surface area contributed by atoms with Crippen LogP contribution in [0.15, 0.2) is 65.7 Å². The van der Waals surface area contributed by atoms with Crippen molar-refractivity contribution in [2.45, 2.75) is 19.5 Å². The number of carbonyl (C=O) groups is 1. The molecule has 2 aromatic heterocycles. The molecule has 0 aliphatic carbocycles. The van der Waals surface area contributed by atoms with Crippen molar-refractivity contribution >= 4 is 27.8 Å². The van der Waals surface area contributed by atoms with E-state index >= 15 is 0 Å². The summed E-state index contributed by atoms with van der Waals surface area (Å²) in [6, 6.07) is 17.2. The molecule has 2 heterocycles. The van der Waals surface area contributed by atoms with Crippen molar-refractivity contribution in [1.29, 1.82) is 0 Å². The normalized spacial score (nSPS) is 12.3. The Balaban J connectivity index is 1.59. The van der Waals surface area contributed by atoms with Crippen molar-refractivity contribution in [1.82, 2.24) is 19.9 Å². The number of aromatic amines is 1. The van der Waals surface area contributed by atoms with Gasteiger partial charge in [0.2, 0.25) is 5.91 Å². The molecule has 6 nitrogen and oxygen atoms in total. The minimum Gasteiger partial charge on any atom is -0.349 e. The Morgan fingerprint density at radius 3 is 2.69 bits per heavy atom. The van der Waals surface area contributed by atoms with Crippen LogP contribution in [-0.4, -0.2) is 20.4 Å². The third kappa shape index (κ3) is 2.86. The van der Waals surface area contributed by atoms with E-state index in [1.54, 1.807) is 0 Å². The molecule has 4 rings (SSSR count). The minimum absolute atomic E-state index is 0.0751. The molecule has 1 atom stereocenters. The predicted molar refractivity (Wildman–Crippen MR) is 101 cm³/mol. The lowest BCUT2D eigenvalue weighted by atomic mass is 10.1. The van der Waals surface area contributed by atoms with Crippen LogP contribution in [0.5, 0.6) is 0 Å². The first-order valence-corrected chi connectivity index (χ1v) is 8.43. The Labute approximate surface area is 149 Å². The van der Waals surface area contributed by atoms with Gasteiger partial charge in [-0.1, -0.05) is 48.5 Å². The number of amides is 1. The van der Waals surface area contributed by atoms with Gasteiger partial charge in [0.25, 0.3) is 5.56 Å². The van der Waals surface area contributed by atoms with Gasteiger partial charge < -0.3 is 10.3 Å². The van der Waals surface area contributed by atoms with Crippen LogP contribution < -0.4 is 10.9 Å². The summed E-state index contributed by atoms with van der Waals surface area (Å²) in [5, 5.41) is 3.81. The average molecular weight is 346 g/mol. The van der Waals surface area contributed by atoms with Crippen LogP contribution in [0, 0.1) is 0 Å². The number of nitrogens with zero attached hydrogens (tertiary/aromatic N) is 2. The van der Waals surface area contributed by atoms with Crippen LogP contribution in [0.3, 0.4) is 0 Å². The molecule has 4 aromatic rings. The second-order valence-corrected chi connectivity index (χ2v) is 6.27. The second kappa shape index (κ2) is 6.48. The Morgan fingerprint density at radius 1 is 1.15 bits per heavy atom. The van der Waals surface area contributed by atoms with E-state index in [4.69, 9.17) is 0 Å². The number of para-hydroxylation sites is 1. The van der Waals surface area contributed by atoms with Crippen molar-refractivity contribution in [2.24, 2.45) is 0 Å². The molecular formula is C20H18N4O2. The third-order valence-electron chi connectivity index (χ3n) is 4.47. The number of fused-ring (bicyclic) bond motifs is 3. The Bertz CT molecular complexity index is 1140. The van der Waals surface area contributed by atoms with Crippen molar-refractivity contribution in [2.75, 3.05) is 0 Å². The molecule has 0 saturated heterocycles. The van der Waals surface area contributed by atoms with Crippen molar-refractivity contribution in [3.05, 3.63) is 76.8 Å². The molecule has 6 heteroatoms. The number of carbonyl (C=O) groups excluding carboxylic acids is 1. The van der Waals surface area contributed by atoms with Gasteiger partial charge in [0.05, 0.1) is 12.4 Å². The fraction of sp³-hybridized carbons (Fsp3) is 0.150. The number of nitrogens with one attached hydrogen (secondary N) is 2. The summed E-state index contributed by atoms with van der Waals surface area (Å²) in [5.41, 5.74) is 2.65. The summed E-state index contributed by atoms with van der Waals surface area (Å²) in [5.74, 6) is -0.235. The largest absolute Gasteiger partial charge is 0.349 e. The highest BCUT2D eigenvalue weighted by atomic mass is 16.2. The zero-order valence-corrected chi connectivity index (χ0v) is 14.3. The zero-order chi connectivity index (χ0) is 18.1. The average Bonchev–Trinajstić information content (AvgIpc) is 3.04. The van der Waals surface area contributed by atoms with Gasteiger partial charge in [-0.3, -0.25) is 14.2 Å². The minimum atomic E-state index is -0.256. The topological polar surface area (TPSA) is 79.8 Å². The lowest BCUT2D eigenvalue weighted by Gasteiger charge is -2.14. The van der Waals surface area contributed by atoms with Crippen molar-refractivity contribution in [3.63, 3.8) is 0 Å². The number of benzene rings is 2. The van der Waals surface area contributed by atoms with Gasteiger partial charge in [0.1, 0.15) is 17.6 Å². The monoisotopic (exact) mass is 346 g/mol. The van der Waals surface area contributed by atoms with Crippen LogP contribution in [0.4, 0.5) is 0 Å². The van der Waals surface area contributed by atoms with E-state index in [9.17, 15) is 9.59 Å². The first-order chi connectivity index (χ1) is 12.6. The van der Waals surface area contributed by atoms with Crippen LogP contribution >= 0.6 is 0 Å². The predicted octanol–water partition coefficient (Wildman–Crippen LogP) is 2.76. The summed E-state index contributed by atoms with van der Waals surface area (Å²) in [6.07, 6.45) is 1.43. The molecule has 1 amide bonds. The molecule has 0 fully saturated rings. The maximum absolute atomic E-state index is 12.7. The quantitative estimate of drug-likeness (QED) is 0.596. The van der Waals surface area contributed by atoms with Crippen LogP contribution in [0.1, 0.15) is 18.5 Å². The molecule has 0 unspecified atom stereocenters. The van der Waals surface area contributed by atoms with E-state index in [1.165, 1.54) is 10.9 Å². The molecule has 0 saturated carbocycles. The molecule has 0 aliphatic heterocycles. The molecule has 0 spiro atoms. The Hall–Kier alpha value is -3.41. The molecule has 0 radical (unpaired) electrons. The molecule has 0 aliphatic rings. The smallest absolute Gasteiger partial charge is 0.278 e. The van der Waals surface area contributed by atoms with Crippen LogP contribution in [-0.2, 0) is 11.3 Å². The number of aromatic nitrogens is 3.